The second-order valence-electron chi connectivity index (χ2n) is 6.83. The van der Waals surface area contributed by atoms with Gasteiger partial charge in [-0.25, -0.2) is 0 Å². The second-order valence-corrected chi connectivity index (χ2v) is 7.71. The smallest absolute Gasteiger partial charge is 0.289 e. The van der Waals surface area contributed by atoms with Crippen LogP contribution in [-0.2, 0) is 0 Å². The van der Waals surface area contributed by atoms with Gasteiger partial charge in [-0.1, -0.05) is 30.3 Å². The summed E-state index contributed by atoms with van der Waals surface area (Å²) in [6.07, 6.45) is 3.65. The van der Waals surface area contributed by atoms with Crippen molar-refractivity contribution < 1.29 is 14.0 Å². The van der Waals surface area contributed by atoms with Crippen molar-refractivity contribution in [3.05, 3.63) is 65.9 Å². The number of carbonyl (C=O) groups excluding carboxylic acids is 2. The van der Waals surface area contributed by atoms with Gasteiger partial charge < -0.3 is 9.32 Å². The fraction of sp³-hybridized carbons (Fsp3) is 0.273. The third-order valence-corrected chi connectivity index (χ3v) is 5.83. The number of carbonyl (C=O) groups is 2. The van der Waals surface area contributed by atoms with Gasteiger partial charge in [0.1, 0.15) is 5.58 Å². The van der Waals surface area contributed by atoms with Crippen molar-refractivity contribution in [1.82, 2.24) is 4.90 Å². The number of fused-ring (bicyclic) bond motifs is 1. The van der Waals surface area contributed by atoms with E-state index in [0.29, 0.717) is 24.4 Å². The first-order valence-corrected chi connectivity index (χ1v) is 10.3. The Hall–Kier alpha value is -2.53. The first-order chi connectivity index (χ1) is 13.2. The molecule has 1 atom stereocenters. The summed E-state index contributed by atoms with van der Waals surface area (Å²) < 4.78 is 5.71. The van der Waals surface area contributed by atoms with Crippen LogP contribution in [0.1, 0.15) is 33.8 Å². The van der Waals surface area contributed by atoms with Crippen LogP contribution >= 0.6 is 11.8 Å². The Kier molecular flexibility index (Phi) is 5.03. The highest BCUT2D eigenvalue weighted by atomic mass is 32.2. The summed E-state index contributed by atoms with van der Waals surface area (Å²) in [7, 11) is 0. The quantitative estimate of drug-likeness (QED) is 0.478. The van der Waals surface area contributed by atoms with Crippen LogP contribution in [-0.4, -0.2) is 35.9 Å². The molecule has 1 amide bonds. The van der Waals surface area contributed by atoms with E-state index in [2.05, 4.69) is 0 Å². The average Bonchev–Trinajstić information content (AvgIpc) is 3.17. The molecule has 4 nitrogen and oxygen atoms in total. The molecule has 27 heavy (non-hydrogen) atoms. The van der Waals surface area contributed by atoms with E-state index < -0.39 is 0 Å². The van der Waals surface area contributed by atoms with Crippen LogP contribution in [0.5, 0.6) is 0 Å². The van der Waals surface area contributed by atoms with Gasteiger partial charge in [-0.15, -0.1) is 11.8 Å². The van der Waals surface area contributed by atoms with E-state index in [4.69, 9.17) is 4.42 Å². The molecule has 2 aromatic carbocycles. The number of likely N-dealkylation sites (tertiary alicyclic amines) is 1. The molecule has 0 spiro atoms. The zero-order valence-electron chi connectivity index (χ0n) is 15.2. The maximum atomic E-state index is 12.9. The number of ketones is 1. The predicted octanol–water partition coefficient (Wildman–Crippen LogP) is 4.89. The molecule has 4 rings (SSSR count). The molecule has 0 aliphatic carbocycles. The average molecular weight is 379 g/mol. The van der Waals surface area contributed by atoms with Crippen LogP contribution in [0.4, 0.5) is 0 Å². The molecule has 0 N–H and O–H groups in total. The molecule has 0 radical (unpaired) electrons. The van der Waals surface area contributed by atoms with Gasteiger partial charge in [0.25, 0.3) is 5.91 Å². The molecule has 1 aliphatic heterocycles. The second kappa shape index (κ2) is 7.61. The summed E-state index contributed by atoms with van der Waals surface area (Å²) in [4.78, 5) is 28.6. The third-order valence-electron chi connectivity index (χ3n) is 5.09. The molecule has 138 valence electrons. The first-order valence-electron chi connectivity index (χ1n) is 9.12. The molecule has 1 aromatic heterocycles. The van der Waals surface area contributed by atoms with Gasteiger partial charge in [-0.2, -0.15) is 0 Å². The first kappa shape index (κ1) is 17.9. The Morgan fingerprint density at radius 3 is 2.63 bits per heavy atom. The highest BCUT2D eigenvalue weighted by Gasteiger charge is 2.30. The molecular formula is C22H21NO3S. The van der Waals surface area contributed by atoms with Crippen molar-refractivity contribution in [2.24, 2.45) is 5.92 Å². The number of Topliss-reactive ketones (excluding diaryl/α,β-unsaturated/α-hetero) is 1. The van der Waals surface area contributed by atoms with Gasteiger partial charge in [0.2, 0.25) is 0 Å². The highest BCUT2D eigenvalue weighted by Crippen LogP contribution is 2.25. The number of rotatable bonds is 4. The minimum atomic E-state index is -0.160. The molecule has 1 aliphatic rings. The maximum Gasteiger partial charge on any atom is 0.289 e. The van der Waals surface area contributed by atoms with Crippen LogP contribution < -0.4 is 0 Å². The van der Waals surface area contributed by atoms with E-state index in [0.717, 1.165) is 28.7 Å². The fourth-order valence-electron chi connectivity index (χ4n) is 3.61. The molecule has 1 fully saturated rings. The van der Waals surface area contributed by atoms with Crippen LogP contribution in [0, 0.1) is 5.92 Å². The number of hydrogen-bond acceptors (Lipinski definition) is 4. The summed E-state index contributed by atoms with van der Waals surface area (Å²) in [6.45, 7) is 1.10. The number of hydrogen-bond donors (Lipinski definition) is 0. The normalized spacial score (nSPS) is 17.2. The lowest BCUT2D eigenvalue weighted by molar-refractivity contribution is 0.0612. The van der Waals surface area contributed by atoms with Crippen LogP contribution in [0.15, 0.2) is 63.9 Å². The number of amides is 1. The van der Waals surface area contributed by atoms with Crippen molar-refractivity contribution in [2.75, 3.05) is 19.3 Å². The van der Waals surface area contributed by atoms with Crippen molar-refractivity contribution in [2.45, 2.75) is 17.7 Å². The minimum absolute atomic E-state index is 0.116. The zero-order valence-corrected chi connectivity index (χ0v) is 16.0. The Bertz CT molecular complexity index is 944. The number of furan rings is 1. The van der Waals surface area contributed by atoms with Crippen LogP contribution in [0.2, 0.25) is 0 Å². The highest BCUT2D eigenvalue weighted by molar-refractivity contribution is 7.98. The van der Waals surface area contributed by atoms with Gasteiger partial charge >= 0.3 is 0 Å². The molecular weight excluding hydrogens is 358 g/mol. The molecule has 0 bridgehead atoms. The van der Waals surface area contributed by atoms with Gasteiger partial charge in [-0.05, 0) is 43.4 Å². The SMILES string of the molecule is CSc1ccc(C(=O)C2CCCN(C(=O)c3cc4ccccc4o3)C2)cc1. The molecule has 0 saturated carbocycles. The summed E-state index contributed by atoms with van der Waals surface area (Å²) in [5.74, 6) is 0.159. The molecule has 1 saturated heterocycles. The van der Waals surface area contributed by atoms with E-state index in [1.807, 2.05) is 54.8 Å². The van der Waals surface area contributed by atoms with Crippen molar-refractivity contribution >= 4 is 34.4 Å². The number of thioether (sulfide) groups is 1. The van der Waals surface area contributed by atoms with E-state index in [9.17, 15) is 9.59 Å². The number of nitrogens with zero attached hydrogens (tertiary/aromatic N) is 1. The summed E-state index contributed by atoms with van der Waals surface area (Å²) in [6, 6.07) is 17.1. The maximum absolute atomic E-state index is 12.9. The Morgan fingerprint density at radius 1 is 1.11 bits per heavy atom. The summed E-state index contributed by atoms with van der Waals surface area (Å²) in [5.41, 5.74) is 1.43. The number of para-hydroxylation sites is 1. The molecule has 1 unspecified atom stereocenters. The Morgan fingerprint density at radius 2 is 1.89 bits per heavy atom. The monoisotopic (exact) mass is 379 g/mol. The lowest BCUT2D eigenvalue weighted by atomic mass is 9.90. The lowest BCUT2D eigenvalue weighted by Gasteiger charge is -2.31. The molecule has 5 heteroatoms. The van der Waals surface area contributed by atoms with E-state index in [-0.39, 0.29) is 17.6 Å². The zero-order chi connectivity index (χ0) is 18.8. The standard InChI is InChI=1S/C22H21NO3S/c1-27-18-10-8-15(9-11-18)21(24)17-6-4-12-23(14-17)22(25)20-13-16-5-2-3-7-19(16)26-20/h2-3,5,7-11,13,17H,4,6,12,14H2,1H3. The van der Waals surface area contributed by atoms with Crippen LogP contribution in [0.25, 0.3) is 11.0 Å². The number of benzene rings is 2. The summed E-state index contributed by atoms with van der Waals surface area (Å²) >= 11 is 1.65. The lowest BCUT2D eigenvalue weighted by Crippen LogP contribution is -2.42. The molecule has 3 aromatic rings. The van der Waals surface area contributed by atoms with Crippen LogP contribution in [0.3, 0.4) is 0 Å². The predicted molar refractivity (Wildman–Crippen MR) is 107 cm³/mol. The number of piperidine rings is 1. The topological polar surface area (TPSA) is 50.5 Å². The van der Waals surface area contributed by atoms with Gasteiger partial charge in [-0.3, -0.25) is 9.59 Å². The van der Waals surface area contributed by atoms with Gasteiger partial charge in [0, 0.05) is 34.9 Å². The van der Waals surface area contributed by atoms with Crippen molar-refractivity contribution in [3.8, 4) is 0 Å². The third kappa shape index (κ3) is 3.65. The van der Waals surface area contributed by atoms with E-state index in [1.54, 1.807) is 22.7 Å². The van der Waals surface area contributed by atoms with Crippen molar-refractivity contribution in [1.29, 1.82) is 0 Å². The Balaban J connectivity index is 1.49. The minimum Gasteiger partial charge on any atom is -0.451 e. The van der Waals surface area contributed by atoms with Gasteiger partial charge in [0.15, 0.2) is 11.5 Å². The van der Waals surface area contributed by atoms with Gasteiger partial charge in [0.05, 0.1) is 0 Å². The Labute approximate surface area is 162 Å². The molecule has 2 heterocycles. The van der Waals surface area contributed by atoms with E-state index in [1.165, 1.54) is 0 Å². The summed E-state index contributed by atoms with van der Waals surface area (Å²) in [5, 5.41) is 0.916. The largest absolute Gasteiger partial charge is 0.451 e. The van der Waals surface area contributed by atoms with E-state index >= 15 is 0 Å². The fourth-order valence-corrected chi connectivity index (χ4v) is 4.02. The van der Waals surface area contributed by atoms with Crippen molar-refractivity contribution in [3.63, 3.8) is 0 Å².